The van der Waals surface area contributed by atoms with E-state index in [0.717, 1.165) is 6.26 Å². The van der Waals surface area contributed by atoms with Crippen LogP contribution in [0.1, 0.15) is 39.2 Å². The van der Waals surface area contributed by atoms with Crippen molar-refractivity contribution in [1.82, 2.24) is 5.32 Å². The van der Waals surface area contributed by atoms with E-state index in [-0.39, 0.29) is 25.3 Å². The first-order valence-electron chi connectivity index (χ1n) is 9.62. The number of sulfone groups is 1. The molecule has 0 spiro atoms. The smallest absolute Gasteiger partial charge is 0.326 e. The summed E-state index contributed by atoms with van der Waals surface area (Å²) >= 11 is 0. The van der Waals surface area contributed by atoms with Crippen molar-refractivity contribution in [3.8, 4) is 11.5 Å². The van der Waals surface area contributed by atoms with Gasteiger partial charge in [-0.25, -0.2) is 13.2 Å². The molecule has 30 heavy (non-hydrogen) atoms. The van der Waals surface area contributed by atoms with E-state index < -0.39 is 32.5 Å². The van der Waals surface area contributed by atoms with Crippen LogP contribution >= 0.6 is 0 Å². The minimum Gasteiger partial charge on any atom is -0.493 e. The summed E-state index contributed by atoms with van der Waals surface area (Å²) in [6, 6.07) is 3.73. The van der Waals surface area contributed by atoms with Crippen LogP contribution in [0.4, 0.5) is 0 Å². The van der Waals surface area contributed by atoms with E-state index in [0.29, 0.717) is 23.7 Å². The van der Waals surface area contributed by atoms with E-state index >= 15 is 0 Å². The summed E-state index contributed by atoms with van der Waals surface area (Å²) in [6.07, 6.45) is 1.24. The summed E-state index contributed by atoms with van der Waals surface area (Å²) in [7, 11) is -2.22. The quantitative estimate of drug-likeness (QED) is 0.437. The number of carboxylic acid groups (broad SMARTS) is 1. The molecular formula is C20H32N2O7S. The number of ether oxygens (including phenoxy) is 2. The summed E-state index contributed by atoms with van der Waals surface area (Å²) < 4.78 is 35.2. The second-order valence-corrected chi connectivity index (χ2v) is 9.73. The van der Waals surface area contributed by atoms with Gasteiger partial charge in [0.15, 0.2) is 21.3 Å². The van der Waals surface area contributed by atoms with Gasteiger partial charge >= 0.3 is 5.97 Å². The predicted molar refractivity (Wildman–Crippen MR) is 113 cm³/mol. The number of nitrogens with two attached hydrogens (primary N) is 1. The standard InChI is InChI=1S/C20H32N2O7S/c1-6-29-18-10-15(7-8-17(18)28-4)20(12-21,30(5,26)27)11-13(2)9-16(19(24)25)22-14(3)23/h7-8,10,13,16H,6,9,11-12,21H2,1-5H3,(H,22,23)(H,24,25)/t13?,16-,20?/m0/s1. The topological polar surface area (TPSA) is 145 Å². The molecule has 170 valence electrons. The third-order valence-electron chi connectivity index (χ3n) is 5.02. The fourth-order valence-corrected chi connectivity index (χ4v) is 5.02. The number of methoxy groups -OCH3 is 1. The van der Waals surface area contributed by atoms with E-state index in [1.54, 1.807) is 32.0 Å². The van der Waals surface area contributed by atoms with Crippen molar-refractivity contribution < 1.29 is 32.6 Å². The van der Waals surface area contributed by atoms with E-state index in [1.807, 2.05) is 0 Å². The zero-order chi connectivity index (χ0) is 23.1. The number of rotatable bonds is 12. The van der Waals surface area contributed by atoms with Gasteiger partial charge in [0.1, 0.15) is 10.8 Å². The fraction of sp³-hybridized carbons (Fsp3) is 0.600. The summed E-state index contributed by atoms with van der Waals surface area (Å²) in [5.41, 5.74) is 6.44. The third kappa shape index (κ3) is 6.09. The average molecular weight is 445 g/mol. The van der Waals surface area contributed by atoms with Crippen molar-refractivity contribution in [1.29, 1.82) is 0 Å². The van der Waals surface area contributed by atoms with Crippen LogP contribution in [0.25, 0.3) is 0 Å². The van der Waals surface area contributed by atoms with Crippen LogP contribution in [0.3, 0.4) is 0 Å². The number of amides is 1. The molecule has 0 aliphatic heterocycles. The van der Waals surface area contributed by atoms with Crippen molar-refractivity contribution in [3.63, 3.8) is 0 Å². The lowest BCUT2D eigenvalue weighted by molar-refractivity contribution is -0.142. The highest BCUT2D eigenvalue weighted by Gasteiger charge is 2.43. The maximum absolute atomic E-state index is 12.9. The lowest BCUT2D eigenvalue weighted by atomic mass is 9.85. The maximum atomic E-state index is 12.9. The largest absolute Gasteiger partial charge is 0.493 e. The molecule has 1 amide bonds. The Morgan fingerprint density at radius 1 is 1.30 bits per heavy atom. The van der Waals surface area contributed by atoms with Gasteiger partial charge in [0.25, 0.3) is 0 Å². The van der Waals surface area contributed by atoms with Gasteiger partial charge in [-0.1, -0.05) is 13.0 Å². The SMILES string of the molecule is CCOc1cc(C(CN)(CC(C)C[C@H](NC(C)=O)C(=O)O)S(C)(=O)=O)ccc1OC. The number of carbonyl (C=O) groups excluding carboxylic acids is 1. The molecule has 9 nitrogen and oxygen atoms in total. The molecule has 0 saturated heterocycles. The number of carbonyl (C=O) groups is 2. The van der Waals surface area contributed by atoms with Crippen molar-refractivity contribution in [2.24, 2.45) is 11.7 Å². The lowest BCUT2D eigenvalue weighted by Gasteiger charge is -2.34. The number of hydrogen-bond donors (Lipinski definition) is 3. The molecule has 0 aliphatic carbocycles. The Hall–Kier alpha value is -2.33. The summed E-state index contributed by atoms with van der Waals surface area (Å²) in [4.78, 5) is 22.8. The lowest BCUT2D eigenvalue weighted by Crippen LogP contribution is -2.45. The molecule has 3 atom stereocenters. The number of nitrogens with one attached hydrogen (secondary N) is 1. The number of carboxylic acids is 1. The fourth-order valence-electron chi connectivity index (χ4n) is 3.58. The first-order valence-corrected chi connectivity index (χ1v) is 11.5. The zero-order valence-corrected chi connectivity index (χ0v) is 18.9. The van der Waals surface area contributed by atoms with E-state index in [1.165, 1.54) is 14.0 Å². The molecular weight excluding hydrogens is 412 g/mol. The molecule has 0 radical (unpaired) electrons. The average Bonchev–Trinajstić information content (AvgIpc) is 2.64. The Balaban J connectivity index is 3.38. The molecule has 2 unspecified atom stereocenters. The predicted octanol–water partition coefficient (Wildman–Crippen LogP) is 1.30. The van der Waals surface area contributed by atoms with Gasteiger partial charge in [0.05, 0.1) is 13.7 Å². The summed E-state index contributed by atoms with van der Waals surface area (Å²) in [5.74, 6) is -1.18. The Labute approximate surface area is 177 Å². The molecule has 4 N–H and O–H groups in total. The third-order valence-corrected chi connectivity index (χ3v) is 7.01. The Morgan fingerprint density at radius 2 is 1.93 bits per heavy atom. The number of hydrogen-bond acceptors (Lipinski definition) is 7. The second-order valence-electron chi connectivity index (χ2n) is 7.41. The molecule has 1 aromatic carbocycles. The monoisotopic (exact) mass is 444 g/mol. The van der Waals surface area contributed by atoms with Crippen LogP contribution in [-0.4, -0.2) is 58.0 Å². The Bertz CT molecular complexity index is 857. The Kier molecular flexibility index (Phi) is 9.10. The highest BCUT2D eigenvalue weighted by Crippen LogP contribution is 2.40. The molecule has 1 aromatic rings. The first-order chi connectivity index (χ1) is 13.9. The minimum absolute atomic E-state index is 0.0562. The maximum Gasteiger partial charge on any atom is 0.326 e. The van der Waals surface area contributed by atoms with Gasteiger partial charge in [-0.05, 0) is 43.4 Å². The van der Waals surface area contributed by atoms with Gasteiger partial charge in [-0.3, -0.25) is 4.79 Å². The highest BCUT2D eigenvalue weighted by atomic mass is 32.2. The summed E-state index contributed by atoms with van der Waals surface area (Å²) in [6.45, 7) is 4.93. The van der Waals surface area contributed by atoms with Crippen LogP contribution in [0.5, 0.6) is 11.5 Å². The molecule has 0 saturated carbocycles. The van der Waals surface area contributed by atoms with Crippen LogP contribution in [0.2, 0.25) is 0 Å². The highest BCUT2D eigenvalue weighted by molar-refractivity contribution is 7.91. The van der Waals surface area contributed by atoms with Crippen molar-refractivity contribution in [2.45, 2.75) is 44.4 Å². The zero-order valence-electron chi connectivity index (χ0n) is 18.1. The number of benzene rings is 1. The normalized spacial score (nSPS) is 15.5. The van der Waals surface area contributed by atoms with Crippen LogP contribution in [0, 0.1) is 5.92 Å². The van der Waals surface area contributed by atoms with Crippen LogP contribution in [-0.2, 0) is 24.2 Å². The van der Waals surface area contributed by atoms with Crippen molar-refractivity contribution in [3.05, 3.63) is 23.8 Å². The van der Waals surface area contributed by atoms with E-state index in [9.17, 15) is 23.1 Å². The molecule has 0 heterocycles. The molecule has 0 fully saturated rings. The number of aliphatic carboxylic acids is 1. The Morgan fingerprint density at radius 3 is 2.37 bits per heavy atom. The minimum atomic E-state index is -3.71. The van der Waals surface area contributed by atoms with Crippen molar-refractivity contribution >= 4 is 21.7 Å². The molecule has 0 aliphatic rings. The molecule has 0 bridgehead atoms. The van der Waals surface area contributed by atoms with E-state index in [4.69, 9.17) is 15.2 Å². The molecule has 1 rings (SSSR count). The van der Waals surface area contributed by atoms with Gasteiger partial charge in [-0.15, -0.1) is 0 Å². The van der Waals surface area contributed by atoms with E-state index in [2.05, 4.69) is 5.32 Å². The van der Waals surface area contributed by atoms with Crippen LogP contribution in [0.15, 0.2) is 18.2 Å². The summed E-state index contributed by atoms with van der Waals surface area (Å²) in [5, 5.41) is 11.7. The van der Waals surface area contributed by atoms with Gasteiger partial charge in [0, 0.05) is 19.7 Å². The van der Waals surface area contributed by atoms with Gasteiger partial charge in [-0.2, -0.15) is 0 Å². The van der Waals surface area contributed by atoms with Gasteiger partial charge in [0.2, 0.25) is 5.91 Å². The molecule has 0 aromatic heterocycles. The second kappa shape index (κ2) is 10.6. The van der Waals surface area contributed by atoms with Crippen molar-refractivity contribution in [2.75, 3.05) is 26.5 Å². The van der Waals surface area contributed by atoms with Gasteiger partial charge < -0.3 is 25.6 Å². The molecule has 10 heteroatoms. The van der Waals surface area contributed by atoms with Crippen LogP contribution < -0.4 is 20.5 Å². The first kappa shape index (κ1) is 25.7.